The Morgan fingerprint density at radius 1 is 1.28 bits per heavy atom. The fourth-order valence-electron chi connectivity index (χ4n) is 1.47. The van der Waals surface area contributed by atoms with Crippen molar-refractivity contribution in [2.75, 3.05) is 18.2 Å². The third-order valence-corrected chi connectivity index (χ3v) is 2.82. The summed E-state index contributed by atoms with van der Waals surface area (Å²) >= 11 is 6.04. The van der Waals surface area contributed by atoms with Gasteiger partial charge in [0.05, 0.1) is 25.2 Å². The van der Waals surface area contributed by atoms with E-state index >= 15 is 0 Å². The zero-order chi connectivity index (χ0) is 13.1. The fraction of sp³-hybridized carbons (Fsp3) is 0.167. The maximum Gasteiger partial charge on any atom is 0.149 e. The van der Waals surface area contributed by atoms with Gasteiger partial charge in [-0.25, -0.2) is 9.97 Å². The lowest BCUT2D eigenvalue weighted by Crippen LogP contribution is -1.99. The molecule has 2 rings (SSSR count). The van der Waals surface area contributed by atoms with Crippen molar-refractivity contribution in [3.63, 3.8) is 0 Å². The van der Waals surface area contributed by atoms with E-state index in [1.54, 1.807) is 19.4 Å². The Bertz CT molecular complexity index is 557. The second kappa shape index (κ2) is 5.10. The topological polar surface area (TPSA) is 73.1 Å². The van der Waals surface area contributed by atoms with Gasteiger partial charge in [0, 0.05) is 11.1 Å². The third kappa shape index (κ3) is 2.62. The molecule has 1 aromatic heterocycles. The highest BCUT2D eigenvalue weighted by atomic mass is 35.5. The molecule has 0 amide bonds. The van der Waals surface area contributed by atoms with Crippen LogP contribution in [0.3, 0.4) is 0 Å². The van der Waals surface area contributed by atoms with Crippen molar-refractivity contribution in [1.82, 2.24) is 9.97 Å². The van der Waals surface area contributed by atoms with E-state index in [1.165, 1.54) is 6.20 Å². The maximum atomic E-state index is 6.04. The molecule has 0 saturated carbocycles. The van der Waals surface area contributed by atoms with Crippen LogP contribution in [0.15, 0.2) is 24.5 Å². The first-order chi connectivity index (χ1) is 8.60. The number of nitrogen functional groups attached to an aromatic ring is 1. The van der Waals surface area contributed by atoms with Crippen LogP contribution in [0, 0.1) is 6.92 Å². The molecule has 3 N–H and O–H groups in total. The zero-order valence-electron chi connectivity index (χ0n) is 10.1. The van der Waals surface area contributed by atoms with Crippen LogP contribution >= 0.6 is 11.6 Å². The van der Waals surface area contributed by atoms with E-state index in [4.69, 9.17) is 22.1 Å². The predicted molar refractivity (Wildman–Crippen MR) is 72.5 cm³/mol. The van der Waals surface area contributed by atoms with Crippen LogP contribution < -0.4 is 15.8 Å². The molecule has 0 atom stereocenters. The molecular formula is C12H13ClN4O. The molecule has 1 heterocycles. The van der Waals surface area contributed by atoms with Gasteiger partial charge in [0.1, 0.15) is 17.4 Å². The van der Waals surface area contributed by atoms with Gasteiger partial charge in [0.25, 0.3) is 0 Å². The highest BCUT2D eigenvalue weighted by molar-refractivity contribution is 6.31. The number of hydrogen-bond acceptors (Lipinski definition) is 5. The molecular weight excluding hydrogens is 252 g/mol. The summed E-state index contributed by atoms with van der Waals surface area (Å²) in [6.07, 6.45) is 3.04. The van der Waals surface area contributed by atoms with Gasteiger partial charge in [0.15, 0.2) is 0 Å². The smallest absolute Gasteiger partial charge is 0.149 e. The van der Waals surface area contributed by atoms with Gasteiger partial charge in [-0.2, -0.15) is 0 Å². The molecule has 2 aromatic rings. The minimum atomic E-state index is 0.375. The molecule has 0 radical (unpaired) electrons. The van der Waals surface area contributed by atoms with E-state index in [1.807, 2.05) is 13.0 Å². The summed E-state index contributed by atoms with van der Waals surface area (Å²) in [4.78, 5) is 8.07. The molecule has 0 saturated heterocycles. The van der Waals surface area contributed by atoms with E-state index in [2.05, 4.69) is 15.3 Å². The third-order valence-electron chi connectivity index (χ3n) is 2.42. The Kier molecular flexibility index (Phi) is 3.53. The van der Waals surface area contributed by atoms with Crippen molar-refractivity contribution in [2.45, 2.75) is 6.92 Å². The van der Waals surface area contributed by atoms with Gasteiger partial charge >= 0.3 is 0 Å². The summed E-state index contributed by atoms with van der Waals surface area (Å²) < 4.78 is 5.26. The van der Waals surface area contributed by atoms with E-state index in [9.17, 15) is 0 Å². The summed E-state index contributed by atoms with van der Waals surface area (Å²) in [7, 11) is 1.58. The van der Waals surface area contributed by atoms with E-state index in [-0.39, 0.29) is 0 Å². The molecule has 0 unspecified atom stereocenters. The number of nitrogens with two attached hydrogens (primary N) is 1. The monoisotopic (exact) mass is 264 g/mol. The van der Waals surface area contributed by atoms with Crippen LogP contribution in [-0.2, 0) is 0 Å². The number of ether oxygens (including phenoxy) is 1. The van der Waals surface area contributed by atoms with Crippen molar-refractivity contribution in [3.8, 4) is 5.75 Å². The highest BCUT2D eigenvalue weighted by Crippen LogP contribution is 2.32. The Labute approximate surface area is 110 Å². The molecule has 18 heavy (non-hydrogen) atoms. The first-order valence-electron chi connectivity index (χ1n) is 5.29. The van der Waals surface area contributed by atoms with Gasteiger partial charge in [-0.05, 0) is 18.6 Å². The number of hydrogen-bond donors (Lipinski definition) is 2. The molecule has 94 valence electrons. The Balaban J connectivity index is 2.33. The number of benzene rings is 1. The fourth-order valence-corrected chi connectivity index (χ4v) is 1.62. The number of anilines is 3. The predicted octanol–water partition coefficient (Wildman–Crippen LogP) is 2.77. The second-order valence-electron chi connectivity index (χ2n) is 3.75. The molecule has 0 aliphatic carbocycles. The van der Waals surface area contributed by atoms with Crippen LogP contribution in [0.2, 0.25) is 5.02 Å². The molecule has 0 aliphatic heterocycles. The number of methoxy groups -OCH3 is 1. The normalized spacial score (nSPS) is 10.2. The standard InChI is InChI=1S/C12H13ClN4O/c1-7-3-9(10(18-2)4-8(7)13)17-12-6-15-11(14)5-16-12/h3-6H,1-2H3,(H2,14,15)(H,16,17). The Morgan fingerprint density at radius 2 is 2.06 bits per heavy atom. The molecule has 1 aromatic carbocycles. The van der Waals surface area contributed by atoms with Crippen LogP contribution in [0.4, 0.5) is 17.3 Å². The number of aromatic nitrogens is 2. The van der Waals surface area contributed by atoms with E-state index in [0.717, 1.165) is 11.3 Å². The van der Waals surface area contributed by atoms with Crippen LogP contribution in [0.5, 0.6) is 5.75 Å². The van der Waals surface area contributed by atoms with Crippen molar-refractivity contribution in [2.24, 2.45) is 0 Å². The first kappa shape index (κ1) is 12.4. The quantitative estimate of drug-likeness (QED) is 0.892. The Hall–Kier alpha value is -2.01. The molecule has 0 fully saturated rings. The first-order valence-corrected chi connectivity index (χ1v) is 5.66. The minimum absolute atomic E-state index is 0.375. The van der Waals surface area contributed by atoms with Gasteiger partial charge in [0.2, 0.25) is 0 Å². The lowest BCUT2D eigenvalue weighted by Gasteiger charge is -2.12. The van der Waals surface area contributed by atoms with Crippen molar-refractivity contribution in [1.29, 1.82) is 0 Å². The number of nitrogens with one attached hydrogen (secondary N) is 1. The molecule has 6 heteroatoms. The van der Waals surface area contributed by atoms with Crippen molar-refractivity contribution >= 4 is 28.9 Å². The number of aryl methyl sites for hydroxylation is 1. The molecule has 5 nitrogen and oxygen atoms in total. The average Bonchev–Trinajstić information content (AvgIpc) is 2.36. The number of halogens is 1. The average molecular weight is 265 g/mol. The van der Waals surface area contributed by atoms with Crippen molar-refractivity contribution in [3.05, 3.63) is 35.1 Å². The lowest BCUT2D eigenvalue weighted by atomic mass is 10.2. The largest absolute Gasteiger partial charge is 0.495 e. The van der Waals surface area contributed by atoms with E-state index in [0.29, 0.717) is 22.4 Å². The van der Waals surface area contributed by atoms with Crippen LogP contribution in [0.25, 0.3) is 0 Å². The summed E-state index contributed by atoms with van der Waals surface area (Å²) in [6.45, 7) is 1.92. The SMILES string of the molecule is COc1cc(Cl)c(C)cc1Nc1cnc(N)cn1. The van der Waals surface area contributed by atoms with Gasteiger partial charge in [-0.1, -0.05) is 11.6 Å². The van der Waals surface area contributed by atoms with Crippen LogP contribution in [0.1, 0.15) is 5.56 Å². The van der Waals surface area contributed by atoms with E-state index < -0.39 is 0 Å². The summed E-state index contributed by atoms with van der Waals surface area (Å²) in [5.74, 6) is 1.60. The van der Waals surface area contributed by atoms with Gasteiger partial charge in [-0.15, -0.1) is 0 Å². The summed E-state index contributed by atoms with van der Waals surface area (Å²) in [5, 5.41) is 3.76. The zero-order valence-corrected chi connectivity index (χ0v) is 10.8. The molecule has 0 bridgehead atoms. The van der Waals surface area contributed by atoms with Crippen molar-refractivity contribution < 1.29 is 4.74 Å². The maximum absolute atomic E-state index is 6.04. The minimum Gasteiger partial charge on any atom is -0.495 e. The lowest BCUT2D eigenvalue weighted by molar-refractivity contribution is 0.416. The number of nitrogens with zero attached hydrogens (tertiary/aromatic N) is 2. The van der Waals surface area contributed by atoms with Crippen LogP contribution in [-0.4, -0.2) is 17.1 Å². The second-order valence-corrected chi connectivity index (χ2v) is 4.16. The highest BCUT2D eigenvalue weighted by Gasteiger charge is 2.07. The summed E-state index contributed by atoms with van der Waals surface area (Å²) in [5.41, 5.74) is 7.20. The number of rotatable bonds is 3. The van der Waals surface area contributed by atoms with Gasteiger partial charge in [-0.3, -0.25) is 0 Å². The summed E-state index contributed by atoms with van der Waals surface area (Å²) in [6, 6.07) is 3.64. The molecule has 0 spiro atoms. The Morgan fingerprint density at radius 3 is 2.67 bits per heavy atom. The molecule has 0 aliphatic rings. The van der Waals surface area contributed by atoms with Gasteiger partial charge < -0.3 is 15.8 Å².